The second kappa shape index (κ2) is 8.57. The SMILES string of the molecule is COc1ccccc1/C=C/C=N/NC(=O)CCn1nnc2ccccc21. The van der Waals surface area contributed by atoms with Crippen molar-refractivity contribution in [3.05, 3.63) is 60.2 Å². The topological polar surface area (TPSA) is 81.4 Å². The number of hydrogen-bond acceptors (Lipinski definition) is 5. The zero-order valence-corrected chi connectivity index (χ0v) is 14.4. The standard InChI is InChI=1S/C19H19N5O2/c1-26-18-11-5-2-7-15(18)8-6-13-20-22-19(25)12-14-24-17-10-4-3-9-16(17)21-23-24/h2-11,13H,12,14H2,1H3,(H,22,25)/b8-6+,20-13+. The maximum atomic E-state index is 11.9. The van der Waals surface area contributed by atoms with Crippen LogP contribution in [0.1, 0.15) is 12.0 Å². The lowest BCUT2D eigenvalue weighted by molar-refractivity contribution is -0.121. The fraction of sp³-hybridized carbons (Fsp3) is 0.158. The summed E-state index contributed by atoms with van der Waals surface area (Å²) in [5.41, 5.74) is 5.15. The van der Waals surface area contributed by atoms with Crippen LogP contribution in [0.15, 0.2) is 59.7 Å². The van der Waals surface area contributed by atoms with E-state index in [4.69, 9.17) is 4.74 Å². The number of benzene rings is 2. The van der Waals surface area contributed by atoms with Crippen LogP contribution in [-0.4, -0.2) is 34.2 Å². The predicted octanol–water partition coefficient (Wildman–Crippen LogP) is 2.65. The van der Waals surface area contributed by atoms with Crippen molar-refractivity contribution in [1.29, 1.82) is 0 Å². The summed E-state index contributed by atoms with van der Waals surface area (Å²) in [6, 6.07) is 15.3. The van der Waals surface area contributed by atoms with Gasteiger partial charge in [-0.05, 0) is 30.4 Å². The van der Waals surface area contributed by atoms with Crippen LogP contribution in [-0.2, 0) is 11.3 Å². The van der Waals surface area contributed by atoms with Crippen molar-refractivity contribution in [3.63, 3.8) is 0 Å². The minimum atomic E-state index is -0.188. The van der Waals surface area contributed by atoms with Crippen LogP contribution in [0.25, 0.3) is 17.1 Å². The maximum absolute atomic E-state index is 11.9. The van der Waals surface area contributed by atoms with Gasteiger partial charge in [0, 0.05) is 18.2 Å². The molecule has 0 atom stereocenters. The molecule has 0 aliphatic rings. The molecule has 0 aliphatic heterocycles. The van der Waals surface area contributed by atoms with Gasteiger partial charge in [0.2, 0.25) is 5.91 Å². The smallest absolute Gasteiger partial charge is 0.241 e. The molecule has 26 heavy (non-hydrogen) atoms. The molecule has 132 valence electrons. The van der Waals surface area contributed by atoms with Gasteiger partial charge in [0.1, 0.15) is 11.3 Å². The number of nitrogens with zero attached hydrogens (tertiary/aromatic N) is 4. The number of amides is 1. The average molecular weight is 349 g/mol. The molecule has 0 saturated carbocycles. The molecule has 0 unspecified atom stereocenters. The summed E-state index contributed by atoms with van der Waals surface area (Å²) in [7, 11) is 1.62. The van der Waals surface area contributed by atoms with Crippen molar-refractivity contribution in [2.75, 3.05) is 7.11 Å². The van der Waals surface area contributed by atoms with Crippen LogP contribution in [0, 0.1) is 0 Å². The van der Waals surface area contributed by atoms with Crippen molar-refractivity contribution in [2.45, 2.75) is 13.0 Å². The summed E-state index contributed by atoms with van der Waals surface area (Å²) in [4.78, 5) is 11.9. The van der Waals surface area contributed by atoms with Crippen molar-refractivity contribution < 1.29 is 9.53 Å². The number of nitrogens with one attached hydrogen (secondary N) is 1. The summed E-state index contributed by atoms with van der Waals surface area (Å²) in [6.07, 6.45) is 5.38. The number of carbonyl (C=O) groups excluding carboxylic acids is 1. The highest BCUT2D eigenvalue weighted by molar-refractivity contribution is 5.82. The van der Waals surface area contributed by atoms with Gasteiger partial charge in [-0.25, -0.2) is 10.1 Å². The molecule has 0 saturated heterocycles. The van der Waals surface area contributed by atoms with Gasteiger partial charge < -0.3 is 4.74 Å². The first kappa shape index (κ1) is 17.3. The minimum Gasteiger partial charge on any atom is -0.496 e. The van der Waals surface area contributed by atoms with Gasteiger partial charge in [0.25, 0.3) is 0 Å². The lowest BCUT2D eigenvalue weighted by Gasteiger charge is -2.02. The molecular formula is C19H19N5O2. The molecule has 1 aromatic heterocycles. The third-order valence-corrected chi connectivity index (χ3v) is 3.74. The second-order valence-electron chi connectivity index (χ2n) is 5.47. The molecule has 1 N–H and O–H groups in total. The third kappa shape index (κ3) is 4.32. The number of para-hydroxylation sites is 2. The fourth-order valence-corrected chi connectivity index (χ4v) is 2.45. The monoisotopic (exact) mass is 349 g/mol. The molecule has 3 rings (SSSR count). The van der Waals surface area contributed by atoms with Gasteiger partial charge in [0.15, 0.2) is 0 Å². The van der Waals surface area contributed by atoms with E-state index >= 15 is 0 Å². The number of hydrazone groups is 1. The number of fused-ring (bicyclic) bond motifs is 1. The quantitative estimate of drug-likeness (QED) is 0.525. The second-order valence-corrected chi connectivity index (χ2v) is 5.47. The number of methoxy groups -OCH3 is 1. The zero-order chi connectivity index (χ0) is 18.2. The number of aryl methyl sites for hydroxylation is 1. The normalized spacial score (nSPS) is 11.4. The highest BCUT2D eigenvalue weighted by atomic mass is 16.5. The molecule has 0 bridgehead atoms. The summed E-state index contributed by atoms with van der Waals surface area (Å²) in [5, 5.41) is 12.0. The Bertz CT molecular complexity index is 946. The highest BCUT2D eigenvalue weighted by Crippen LogP contribution is 2.18. The van der Waals surface area contributed by atoms with Gasteiger partial charge >= 0.3 is 0 Å². The van der Waals surface area contributed by atoms with Crippen LogP contribution in [0.5, 0.6) is 5.75 Å². The van der Waals surface area contributed by atoms with E-state index in [0.717, 1.165) is 22.3 Å². The van der Waals surface area contributed by atoms with E-state index in [2.05, 4.69) is 20.8 Å². The van der Waals surface area contributed by atoms with E-state index in [9.17, 15) is 4.79 Å². The molecule has 0 fully saturated rings. The van der Waals surface area contributed by atoms with E-state index in [0.29, 0.717) is 6.54 Å². The van der Waals surface area contributed by atoms with Crippen LogP contribution >= 0.6 is 0 Å². The summed E-state index contributed by atoms with van der Waals surface area (Å²) < 4.78 is 6.97. The lowest BCUT2D eigenvalue weighted by Crippen LogP contribution is -2.19. The number of rotatable bonds is 7. The van der Waals surface area contributed by atoms with E-state index in [-0.39, 0.29) is 12.3 Å². The van der Waals surface area contributed by atoms with Gasteiger partial charge in [0.05, 0.1) is 19.2 Å². The molecular weight excluding hydrogens is 330 g/mol. The Balaban J connectivity index is 1.48. The van der Waals surface area contributed by atoms with Gasteiger partial charge in [-0.3, -0.25) is 4.79 Å². The van der Waals surface area contributed by atoms with Crippen LogP contribution in [0.2, 0.25) is 0 Å². The van der Waals surface area contributed by atoms with Crippen molar-refractivity contribution in [3.8, 4) is 5.75 Å². The van der Waals surface area contributed by atoms with E-state index in [1.165, 1.54) is 6.21 Å². The fourth-order valence-electron chi connectivity index (χ4n) is 2.45. The minimum absolute atomic E-state index is 0.188. The first-order valence-corrected chi connectivity index (χ1v) is 8.18. The number of aromatic nitrogens is 3. The van der Waals surface area contributed by atoms with E-state index < -0.39 is 0 Å². The molecule has 1 heterocycles. The van der Waals surface area contributed by atoms with E-state index in [1.54, 1.807) is 17.9 Å². The molecule has 0 spiro atoms. The Hall–Kier alpha value is -3.48. The summed E-state index contributed by atoms with van der Waals surface area (Å²) >= 11 is 0. The molecule has 0 radical (unpaired) electrons. The van der Waals surface area contributed by atoms with E-state index in [1.807, 2.05) is 54.6 Å². The molecule has 1 amide bonds. The molecule has 3 aromatic rings. The van der Waals surface area contributed by atoms with Gasteiger partial charge in [-0.15, -0.1) is 5.10 Å². The van der Waals surface area contributed by atoms with Crippen molar-refractivity contribution in [1.82, 2.24) is 20.4 Å². The molecule has 7 nitrogen and oxygen atoms in total. The van der Waals surface area contributed by atoms with Gasteiger partial charge in [-0.2, -0.15) is 5.10 Å². The Morgan fingerprint density at radius 3 is 2.92 bits per heavy atom. The Morgan fingerprint density at radius 2 is 2.04 bits per heavy atom. The van der Waals surface area contributed by atoms with Crippen molar-refractivity contribution in [2.24, 2.45) is 5.10 Å². The molecule has 7 heteroatoms. The zero-order valence-electron chi connectivity index (χ0n) is 14.4. The first-order valence-electron chi connectivity index (χ1n) is 8.18. The Kier molecular flexibility index (Phi) is 5.72. The number of ether oxygens (including phenoxy) is 1. The first-order chi connectivity index (χ1) is 12.8. The van der Waals surface area contributed by atoms with Crippen LogP contribution in [0.4, 0.5) is 0 Å². The number of allylic oxidation sites excluding steroid dienone is 1. The Labute approximate surface area is 151 Å². The summed E-state index contributed by atoms with van der Waals surface area (Å²) in [5.74, 6) is 0.591. The number of carbonyl (C=O) groups is 1. The average Bonchev–Trinajstić information content (AvgIpc) is 3.09. The van der Waals surface area contributed by atoms with Crippen LogP contribution < -0.4 is 10.2 Å². The maximum Gasteiger partial charge on any atom is 0.241 e. The lowest BCUT2D eigenvalue weighted by atomic mass is 10.2. The predicted molar refractivity (Wildman–Crippen MR) is 101 cm³/mol. The van der Waals surface area contributed by atoms with Gasteiger partial charge in [-0.1, -0.05) is 35.5 Å². The number of hydrogen-bond donors (Lipinski definition) is 1. The largest absolute Gasteiger partial charge is 0.496 e. The Morgan fingerprint density at radius 1 is 1.23 bits per heavy atom. The molecule has 2 aromatic carbocycles. The summed E-state index contributed by atoms with van der Waals surface area (Å²) in [6.45, 7) is 0.443. The third-order valence-electron chi connectivity index (χ3n) is 3.74. The molecule has 0 aliphatic carbocycles. The highest BCUT2D eigenvalue weighted by Gasteiger charge is 2.05. The van der Waals surface area contributed by atoms with Crippen molar-refractivity contribution >= 4 is 29.2 Å². The van der Waals surface area contributed by atoms with Crippen LogP contribution in [0.3, 0.4) is 0 Å².